The van der Waals surface area contributed by atoms with Crippen LogP contribution in [0.1, 0.15) is 5.76 Å². The van der Waals surface area contributed by atoms with Gasteiger partial charge in [-0.25, -0.2) is 4.98 Å². The minimum Gasteiger partial charge on any atom is -0.457 e. The molecule has 2 N–H and O–H groups in total. The SMILES string of the molecule is O=C(/C=C/c1ccc(-c2ccccc2)o1)NC(=S)Nc1ccc(I)cn1. The molecule has 0 saturated carbocycles. The molecule has 0 aliphatic carbocycles. The maximum absolute atomic E-state index is 12.0. The van der Waals surface area contributed by atoms with Crippen molar-refractivity contribution in [1.29, 1.82) is 0 Å². The second-order valence-corrected chi connectivity index (χ2v) is 6.86. The molecule has 0 bridgehead atoms. The van der Waals surface area contributed by atoms with Crippen LogP contribution in [0.25, 0.3) is 17.4 Å². The molecular formula is C19H14IN3O2S. The maximum Gasteiger partial charge on any atom is 0.250 e. The molecule has 26 heavy (non-hydrogen) atoms. The van der Waals surface area contributed by atoms with Gasteiger partial charge in [-0.3, -0.25) is 10.1 Å². The second-order valence-electron chi connectivity index (χ2n) is 5.21. The average molecular weight is 475 g/mol. The first-order chi connectivity index (χ1) is 12.6. The zero-order valence-electron chi connectivity index (χ0n) is 13.5. The van der Waals surface area contributed by atoms with Gasteiger partial charge < -0.3 is 9.73 Å². The van der Waals surface area contributed by atoms with E-state index in [9.17, 15) is 4.79 Å². The van der Waals surface area contributed by atoms with Gasteiger partial charge >= 0.3 is 0 Å². The fourth-order valence-corrected chi connectivity index (χ4v) is 2.63. The molecule has 5 nitrogen and oxygen atoms in total. The number of thiocarbonyl (C=S) groups is 1. The number of furan rings is 1. The van der Waals surface area contributed by atoms with Crippen molar-refractivity contribution in [2.75, 3.05) is 5.32 Å². The lowest BCUT2D eigenvalue weighted by atomic mass is 10.2. The smallest absolute Gasteiger partial charge is 0.250 e. The van der Waals surface area contributed by atoms with E-state index in [0.29, 0.717) is 11.6 Å². The number of benzene rings is 1. The van der Waals surface area contributed by atoms with E-state index >= 15 is 0 Å². The summed E-state index contributed by atoms with van der Waals surface area (Å²) in [7, 11) is 0. The molecule has 0 unspecified atom stereocenters. The summed E-state index contributed by atoms with van der Waals surface area (Å²) in [6.45, 7) is 0. The molecule has 1 aromatic carbocycles. The van der Waals surface area contributed by atoms with Crippen LogP contribution in [0, 0.1) is 3.57 Å². The molecule has 0 atom stereocenters. The van der Waals surface area contributed by atoms with Crippen LogP contribution in [0.4, 0.5) is 5.82 Å². The van der Waals surface area contributed by atoms with Gasteiger partial charge in [0, 0.05) is 21.4 Å². The first kappa shape index (κ1) is 18.3. The Labute approximate surface area is 169 Å². The van der Waals surface area contributed by atoms with Crippen LogP contribution >= 0.6 is 34.8 Å². The van der Waals surface area contributed by atoms with Gasteiger partial charge in [-0.05, 0) is 65.2 Å². The highest BCUT2D eigenvalue weighted by Crippen LogP contribution is 2.22. The van der Waals surface area contributed by atoms with Crippen LogP contribution in [0.15, 0.2) is 71.3 Å². The molecule has 0 saturated heterocycles. The summed E-state index contributed by atoms with van der Waals surface area (Å²) in [5, 5.41) is 5.59. The predicted molar refractivity (Wildman–Crippen MR) is 114 cm³/mol. The molecule has 1 amide bonds. The number of carbonyl (C=O) groups excluding carboxylic acids is 1. The molecule has 0 fully saturated rings. The molecule has 0 spiro atoms. The minimum absolute atomic E-state index is 0.178. The van der Waals surface area contributed by atoms with Crippen LogP contribution in [-0.2, 0) is 4.79 Å². The van der Waals surface area contributed by atoms with Crippen LogP contribution in [0.3, 0.4) is 0 Å². The predicted octanol–water partition coefficient (Wildman–Crippen LogP) is 4.47. The van der Waals surface area contributed by atoms with Crippen molar-refractivity contribution < 1.29 is 9.21 Å². The van der Waals surface area contributed by atoms with Crippen molar-refractivity contribution in [3.05, 3.63) is 76.2 Å². The monoisotopic (exact) mass is 475 g/mol. The molecule has 2 aromatic heterocycles. The molecule has 3 aromatic rings. The van der Waals surface area contributed by atoms with Gasteiger partial charge in [0.25, 0.3) is 0 Å². The number of aromatic nitrogens is 1. The Kier molecular flexibility index (Phi) is 6.13. The van der Waals surface area contributed by atoms with Crippen molar-refractivity contribution in [1.82, 2.24) is 10.3 Å². The maximum atomic E-state index is 12.0. The Hall–Kier alpha value is -2.52. The Morgan fingerprint density at radius 3 is 2.65 bits per heavy atom. The van der Waals surface area contributed by atoms with E-state index in [1.165, 1.54) is 6.08 Å². The molecule has 3 rings (SSSR count). The van der Waals surface area contributed by atoms with Crippen molar-refractivity contribution in [2.24, 2.45) is 0 Å². The van der Waals surface area contributed by atoms with Crippen LogP contribution < -0.4 is 10.6 Å². The van der Waals surface area contributed by atoms with Crippen LogP contribution in [-0.4, -0.2) is 16.0 Å². The standard InChI is InChI=1S/C19H14IN3O2S/c20-14-6-10-17(21-12-14)22-19(26)23-18(24)11-8-15-7-9-16(25-15)13-4-2-1-3-5-13/h1-12H,(H2,21,22,23,24,26)/b11-8+. The first-order valence-electron chi connectivity index (χ1n) is 7.67. The fraction of sp³-hybridized carbons (Fsp3) is 0. The zero-order chi connectivity index (χ0) is 18.4. The van der Waals surface area contributed by atoms with Gasteiger partial charge in [-0.1, -0.05) is 30.3 Å². The Morgan fingerprint density at radius 2 is 1.92 bits per heavy atom. The summed E-state index contributed by atoms with van der Waals surface area (Å²) in [6.07, 6.45) is 4.66. The third-order valence-corrected chi connectivity index (χ3v) is 4.13. The summed E-state index contributed by atoms with van der Waals surface area (Å²) < 4.78 is 6.72. The Bertz CT molecular complexity index is 937. The Balaban J connectivity index is 1.55. The summed E-state index contributed by atoms with van der Waals surface area (Å²) in [6, 6.07) is 17.1. The lowest BCUT2D eigenvalue weighted by Gasteiger charge is -2.06. The van der Waals surface area contributed by atoms with Gasteiger partial charge in [0.2, 0.25) is 5.91 Å². The summed E-state index contributed by atoms with van der Waals surface area (Å²) >= 11 is 7.26. The van der Waals surface area contributed by atoms with E-state index in [1.54, 1.807) is 24.4 Å². The quantitative estimate of drug-likeness (QED) is 0.331. The number of anilines is 1. The van der Waals surface area contributed by atoms with E-state index < -0.39 is 0 Å². The lowest BCUT2D eigenvalue weighted by molar-refractivity contribution is -0.115. The first-order valence-corrected chi connectivity index (χ1v) is 9.16. The number of halogens is 1. The number of hydrogen-bond acceptors (Lipinski definition) is 4. The molecule has 0 aliphatic heterocycles. The topological polar surface area (TPSA) is 67.2 Å². The minimum atomic E-state index is -0.356. The normalized spacial score (nSPS) is 10.7. The van der Waals surface area contributed by atoms with E-state index in [4.69, 9.17) is 16.6 Å². The van der Waals surface area contributed by atoms with E-state index in [1.807, 2.05) is 42.5 Å². The van der Waals surface area contributed by atoms with E-state index in [-0.39, 0.29) is 11.0 Å². The summed E-state index contributed by atoms with van der Waals surface area (Å²) in [5.74, 6) is 1.54. The van der Waals surface area contributed by atoms with Gasteiger partial charge in [-0.2, -0.15) is 0 Å². The third-order valence-electron chi connectivity index (χ3n) is 3.29. The Morgan fingerprint density at radius 1 is 1.12 bits per heavy atom. The van der Waals surface area contributed by atoms with Crippen LogP contribution in [0.2, 0.25) is 0 Å². The largest absolute Gasteiger partial charge is 0.457 e. The second kappa shape index (κ2) is 8.72. The number of pyridine rings is 1. The molecule has 7 heteroatoms. The van der Waals surface area contributed by atoms with Crippen molar-refractivity contribution in [3.8, 4) is 11.3 Å². The molecule has 0 aliphatic rings. The number of nitrogens with zero attached hydrogens (tertiary/aromatic N) is 1. The lowest BCUT2D eigenvalue weighted by Crippen LogP contribution is -2.33. The van der Waals surface area contributed by atoms with Gasteiger partial charge in [0.15, 0.2) is 5.11 Å². The molecule has 130 valence electrons. The summed E-state index contributed by atoms with van der Waals surface area (Å²) in [5.41, 5.74) is 0.979. The highest BCUT2D eigenvalue weighted by molar-refractivity contribution is 14.1. The highest BCUT2D eigenvalue weighted by Gasteiger charge is 2.05. The van der Waals surface area contributed by atoms with Gasteiger partial charge in [0.05, 0.1) is 0 Å². The van der Waals surface area contributed by atoms with E-state index in [2.05, 4.69) is 38.2 Å². The summed E-state index contributed by atoms with van der Waals surface area (Å²) in [4.78, 5) is 16.1. The number of amides is 1. The average Bonchev–Trinajstić information content (AvgIpc) is 3.12. The third kappa shape index (κ3) is 5.24. The number of hydrogen-bond donors (Lipinski definition) is 2. The fourth-order valence-electron chi connectivity index (χ4n) is 2.11. The van der Waals surface area contributed by atoms with Gasteiger partial charge in [0.1, 0.15) is 17.3 Å². The zero-order valence-corrected chi connectivity index (χ0v) is 16.5. The van der Waals surface area contributed by atoms with Crippen molar-refractivity contribution in [2.45, 2.75) is 0 Å². The van der Waals surface area contributed by atoms with Gasteiger partial charge in [-0.15, -0.1) is 0 Å². The molecule has 0 radical (unpaired) electrons. The number of rotatable bonds is 4. The molecular weight excluding hydrogens is 461 g/mol. The van der Waals surface area contributed by atoms with Crippen LogP contribution in [0.5, 0.6) is 0 Å². The number of carbonyl (C=O) groups is 1. The van der Waals surface area contributed by atoms with Crippen molar-refractivity contribution in [3.63, 3.8) is 0 Å². The highest BCUT2D eigenvalue weighted by atomic mass is 127. The van der Waals surface area contributed by atoms with Crippen molar-refractivity contribution >= 4 is 57.7 Å². The number of nitrogens with one attached hydrogen (secondary N) is 2. The van der Waals surface area contributed by atoms with E-state index in [0.717, 1.165) is 14.9 Å². The molecule has 2 heterocycles.